The molecule has 3 amide bonds. The van der Waals surface area contributed by atoms with Gasteiger partial charge in [0.1, 0.15) is 17.9 Å². The Balaban J connectivity index is 1.62. The first-order valence-electron chi connectivity index (χ1n) is 9.56. The van der Waals surface area contributed by atoms with Gasteiger partial charge >= 0.3 is 6.03 Å². The number of halogens is 1. The van der Waals surface area contributed by atoms with Gasteiger partial charge in [-0.05, 0) is 36.4 Å². The zero-order valence-electron chi connectivity index (χ0n) is 16.9. The van der Waals surface area contributed by atoms with Crippen LogP contribution in [0.5, 0.6) is 5.75 Å². The fraction of sp³-hybridized carbons (Fsp3) is 0.0435. The molecular weight excluding hydrogens is 474 g/mol. The number of benzene rings is 3. The first-order chi connectivity index (χ1) is 15.5. The van der Waals surface area contributed by atoms with Gasteiger partial charge in [-0.1, -0.05) is 40.2 Å². The maximum Gasteiger partial charge on any atom is 0.326 e. The number of rotatable bonds is 5. The van der Waals surface area contributed by atoms with E-state index in [-0.39, 0.29) is 0 Å². The lowest BCUT2D eigenvalue weighted by Gasteiger charge is -2.14. The number of hydrogen-bond donors (Lipinski definition) is 3. The molecule has 0 fully saturated rings. The van der Waals surface area contributed by atoms with Crippen LogP contribution in [0.4, 0.5) is 22.0 Å². The van der Waals surface area contributed by atoms with E-state index in [9.17, 15) is 9.59 Å². The molecule has 3 aromatic carbocycles. The van der Waals surface area contributed by atoms with Crippen molar-refractivity contribution in [1.29, 1.82) is 0 Å². The van der Waals surface area contributed by atoms with Crippen LogP contribution in [0.15, 0.2) is 77.5 Å². The number of methoxy groups -OCH3 is 1. The molecule has 8 nitrogen and oxygen atoms in total. The van der Waals surface area contributed by atoms with Gasteiger partial charge in [-0.2, -0.15) is 0 Å². The van der Waals surface area contributed by atoms with E-state index in [1.807, 2.05) is 24.3 Å². The second kappa shape index (κ2) is 9.44. The predicted octanol–water partition coefficient (Wildman–Crippen LogP) is 5.11. The van der Waals surface area contributed by atoms with Crippen LogP contribution in [0.25, 0.3) is 10.9 Å². The average Bonchev–Trinajstić information content (AvgIpc) is 2.79. The summed E-state index contributed by atoms with van der Waals surface area (Å²) in [5, 5.41) is 8.90. The average molecular weight is 492 g/mol. The number of urea groups is 1. The van der Waals surface area contributed by atoms with Gasteiger partial charge in [-0.3, -0.25) is 10.1 Å². The van der Waals surface area contributed by atoms with Crippen molar-refractivity contribution >= 4 is 56.0 Å². The topological polar surface area (TPSA) is 105 Å². The van der Waals surface area contributed by atoms with Crippen LogP contribution in [0, 0.1) is 0 Å². The lowest BCUT2D eigenvalue weighted by atomic mass is 10.2. The summed E-state index contributed by atoms with van der Waals surface area (Å²) in [7, 11) is 1.49. The molecule has 0 aliphatic carbocycles. The molecule has 0 spiro atoms. The number of aromatic nitrogens is 2. The van der Waals surface area contributed by atoms with E-state index in [0.717, 1.165) is 10.2 Å². The molecule has 0 aliphatic rings. The van der Waals surface area contributed by atoms with E-state index in [0.29, 0.717) is 33.7 Å². The van der Waals surface area contributed by atoms with Gasteiger partial charge in [0.15, 0.2) is 0 Å². The van der Waals surface area contributed by atoms with Crippen molar-refractivity contribution in [3.05, 3.63) is 83.1 Å². The summed E-state index contributed by atoms with van der Waals surface area (Å²) < 4.78 is 6.32. The first kappa shape index (κ1) is 21.3. The second-order valence-electron chi connectivity index (χ2n) is 6.70. The SMILES string of the molecule is COc1cc2ncnc(Nc3cccc(Br)c3)c2cc1NC(=O)NC(=O)c1ccccc1. The number of carbonyl (C=O) groups excluding carboxylic acids is 2. The number of imide groups is 1. The van der Waals surface area contributed by atoms with Crippen LogP contribution >= 0.6 is 15.9 Å². The number of amides is 3. The van der Waals surface area contributed by atoms with E-state index in [1.165, 1.54) is 13.4 Å². The summed E-state index contributed by atoms with van der Waals surface area (Å²) in [6.45, 7) is 0. The molecule has 32 heavy (non-hydrogen) atoms. The summed E-state index contributed by atoms with van der Waals surface area (Å²) in [5.41, 5.74) is 2.20. The van der Waals surface area contributed by atoms with Crippen molar-refractivity contribution < 1.29 is 14.3 Å². The van der Waals surface area contributed by atoms with Crippen LogP contribution in [0.3, 0.4) is 0 Å². The number of nitrogens with zero attached hydrogens (tertiary/aromatic N) is 2. The monoisotopic (exact) mass is 491 g/mol. The number of fused-ring (bicyclic) bond motifs is 1. The predicted molar refractivity (Wildman–Crippen MR) is 126 cm³/mol. The highest BCUT2D eigenvalue weighted by Gasteiger charge is 2.15. The number of anilines is 3. The van der Waals surface area contributed by atoms with Gasteiger partial charge in [0.05, 0.1) is 18.3 Å². The fourth-order valence-electron chi connectivity index (χ4n) is 3.07. The van der Waals surface area contributed by atoms with Crippen molar-refractivity contribution in [2.24, 2.45) is 0 Å². The standard InChI is InChI=1S/C23H18BrN5O3/c1-32-20-12-18-17(21(26-13-25-18)27-16-9-5-8-15(24)10-16)11-19(20)28-23(31)29-22(30)14-6-3-2-4-7-14/h2-13H,1H3,(H,25,26,27)(H2,28,29,30,31). The van der Waals surface area contributed by atoms with E-state index in [2.05, 4.69) is 41.8 Å². The van der Waals surface area contributed by atoms with Crippen molar-refractivity contribution in [3.63, 3.8) is 0 Å². The molecule has 4 aromatic rings. The minimum Gasteiger partial charge on any atom is -0.494 e. The van der Waals surface area contributed by atoms with Crippen molar-refractivity contribution in [3.8, 4) is 5.75 Å². The summed E-state index contributed by atoms with van der Waals surface area (Å²) in [6.07, 6.45) is 1.44. The molecular formula is C23H18BrN5O3. The Morgan fingerprint density at radius 2 is 1.78 bits per heavy atom. The second-order valence-corrected chi connectivity index (χ2v) is 7.62. The van der Waals surface area contributed by atoms with Crippen molar-refractivity contribution in [2.45, 2.75) is 0 Å². The molecule has 0 radical (unpaired) electrons. The van der Waals surface area contributed by atoms with Gasteiger partial charge in [0.2, 0.25) is 0 Å². The Morgan fingerprint density at radius 1 is 0.969 bits per heavy atom. The summed E-state index contributed by atoms with van der Waals surface area (Å²) in [5.74, 6) is 0.440. The quantitative estimate of drug-likeness (QED) is 0.358. The van der Waals surface area contributed by atoms with E-state index in [1.54, 1.807) is 42.5 Å². The van der Waals surface area contributed by atoms with Crippen molar-refractivity contribution in [2.75, 3.05) is 17.7 Å². The zero-order valence-corrected chi connectivity index (χ0v) is 18.5. The molecule has 160 valence electrons. The lowest BCUT2D eigenvalue weighted by molar-refractivity contribution is 0.0967. The minimum atomic E-state index is -0.685. The van der Waals surface area contributed by atoms with Crippen molar-refractivity contribution in [1.82, 2.24) is 15.3 Å². The number of ether oxygens (including phenoxy) is 1. The third-order valence-corrected chi connectivity index (χ3v) is 5.05. The number of hydrogen-bond acceptors (Lipinski definition) is 6. The number of nitrogens with one attached hydrogen (secondary N) is 3. The Morgan fingerprint density at radius 3 is 2.53 bits per heavy atom. The fourth-order valence-corrected chi connectivity index (χ4v) is 3.47. The van der Waals surface area contributed by atoms with E-state index >= 15 is 0 Å². The Kier molecular flexibility index (Phi) is 6.27. The van der Waals surface area contributed by atoms with Gasteiger partial charge in [0, 0.05) is 27.2 Å². The van der Waals surface area contributed by atoms with Crippen LogP contribution in [-0.4, -0.2) is 29.0 Å². The molecule has 0 aliphatic heterocycles. The molecule has 0 saturated carbocycles. The summed E-state index contributed by atoms with van der Waals surface area (Å²) >= 11 is 3.45. The van der Waals surface area contributed by atoms with Gasteiger partial charge in [0.25, 0.3) is 5.91 Å². The highest BCUT2D eigenvalue weighted by atomic mass is 79.9. The Hall–Kier alpha value is -3.98. The van der Waals surface area contributed by atoms with Crippen LogP contribution in [0.2, 0.25) is 0 Å². The van der Waals surface area contributed by atoms with Crippen LogP contribution in [-0.2, 0) is 0 Å². The third kappa shape index (κ3) is 4.84. The molecule has 3 N–H and O–H groups in total. The normalized spacial score (nSPS) is 10.4. The third-order valence-electron chi connectivity index (χ3n) is 4.56. The summed E-state index contributed by atoms with van der Waals surface area (Å²) in [4.78, 5) is 33.4. The molecule has 0 saturated heterocycles. The van der Waals surface area contributed by atoms with E-state index < -0.39 is 11.9 Å². The van der Waals surface area contributed by atoms with Gasteiger partial charge < -0.3 is 15.4 Å². The molecule has 1 aromatic heterocycles. The molecule has 0 atom stereocenters. The van der Waals surface area contributed by atoms with Gasteiger partial charge in [-0.15, -0.1) is 0 Å². The Labute approximate surface area is 192 Å². The van der Waals surface area contributed by atoms with Crippen LogP contribution < -0.4 is 20.7 Å². The largest absolute Gasteiger partial charge is 0.494 e. The highest BCUT2D eigenvalue weighted by Crippen LogP contribution is 2.33. The Bertz CT molecular complexity index is 1300. The smallest absolute Gasteiger partial charge is 0.326 e. The van der Waals surface area contributed by atoms with E-state index in [4.69, 9.17) is 4.74 Å². The zero-order chi connectivity index (χ0) is 22.5. The summed E-state index contributed by atoms with van der Waals surface area (Å²) in [6, 6.07) is 18.8. The molecule has 0 bridgehead atoms. The molecule has 4 rings (SSSR count). The van der Waals surface area contributed by atoms with Gasteiger partial charge in [-0.25, -0.2) is 14.8 Å². The highest BCUT2D eigenvalue weighted by molar-refractivity contribution is 9.10. The lowest BCUT2D eigenvalue weighted by Crippen LogP contribution is -2.34. The molecule has 9 heteroatoms. The molecule has 0 unspecified atom stereocenters. The minimum absolute atomic E-state index is 0.366. The maximum atomic E-state index is 12.5. The maximum absolute atomic E-state index is 12.5. The first-order valence-corrected chi connectivity index (χ1v) is 10.4. The number of carbonyl (C=O) groups is 2. The molecule has 1 heterocycles. The van der Waals surface area contributed by atoms with Crippen LogP contribution in [0.1, 0.15) is 10.4 Å².